The third-order valence-corrected chi connectivity index (χ3v) is 5.41. The van der Waals surface area contributed by atoms with Crippen LogP contribution in [0.4, 0.5) is 5.69 Å². The number of nitrogens with one attached hydrogen (secondary N) is 1. The van der Waals surface area contributed by atoms with Gasteiger partial charge in [-0.15, -0.1) is 0 Å². The number of phenols is 1. The molecule has 0 amide bonds. The molecule has 0 radical (unpaired) electrons. The summed E-state index contributed by atoms with van der Waals surface area (Å²) in [5, 5.41) is 13.8. The van der Waals surface area contributed by atoms with Crippen molar-refractivity contribution in [3.05, 3.63) is 75.2 Å². The number of carbonyl (C=O) groups excluding carboxylic acids is 2. The minimum Gasteiger partial charge on any atom is -0.508 e. The highest BCUT2D eigenvalue weighted by atomic mass is 32.2. The van der Waals surface area contributed by atoms with Crippen molar-refractivity contribution in [1.82, 2.24) is 0 Å². The van der Waals surface area contributed by atoms with Crippen LogP contribution < -0.4 is 5.32 Å². The van der Waals surface area contributed by atoms with Gasteiger partial charge in [-0.2, -0.15) is 0 Å². The number of rotatable bonds is 6. The fourth-order valence-electron chi connectivity index (χ4n) is 2.95. The molecule has 0 spiro atoms. The summed E-state index contributed by atoms with van der Waals surface area (Å²) in [5.41, 5.74) is 2.29. The average molecular weight is 410 g/mol. The van der Waals surface area contributed by atoms with Gasteiger partial charge in [-0.3, -0.25) is 4.79 Å². The van der Waals surface area contributed by atoms with Gasteiger partial charge in [0.1, 0.15) is 11.3 Å². The molecule has 1 aliphatic heterocycles. The molecule has 5 nitrogen and oxygen atoms in total. The highest BCUT2D eigenvalue weighted by Crippen LogP contribution is 2.40. The van der Waals surface area contributed by atoms with Crippen LogP contribution in [0.5, 0.6) is 5.75 Å². The van der Waals surface area contributed by atoms with Gasteiger partial charge < -0.3 is 15.2 Å². The topological polar surface area (TPSA) is 75.6 Å². The molecule has 0 aromatic heterocycles. The smallest absolute Gasteiger partial charge is 0.344 e. The van der Waals surface area contributed by atoms with Crippen molar-refractivity contribution in [3.8, 4) is 5.75 Å². The lowest BCUT2D eigenvalue weighted by Gasteiger charge is -2.09. The summed E-state index contributed by atoms with van der Waals surface area (Å²) in [7, 11) is 0. The van der Waals surface area contributed by atoms with Crippen LogP contribution in [-0.4, -0.2) is 23.5 Å². The number of allylic oxidation sites excluding steroid dienone is 1. The van der Waals surface area contributed by atoms with Gasteiger partial charge in [-0.1, -0.05) is 55.9 Å². The molecule has 2 aromatic carbocycles. The lowest BCUT2D eigenvalue weighted by Crippen LogP contribution is -2.16. The summed E-state index contributed by atoms with van der Waals surface area (Å²) in [6, 6.07) is 14.6. The van der Waals surface area contributed by atoms with Gasteiger partial charge >= 0.3 is 5.97 Å². The summed E-state index contributed by atoms with van der Waals surface area (Å²) in [4.78, 5) is 25.7. The highest BCUT2D eigenvalue weighted by molar-refractivity contribution is 8.08. The van der Waals surface area contributed by atoms with E-state index in [0.717, 1.165) is 11.3 Å². The van der Waals surface area contributed by atoms with Crippen LogP contribution in [0.2, 0.25) is 0 Å². The van der Waals surface area contributed by atoms with E-state index in [2.05, 4.69) is 5.32 Å². The lowest BCUT2D eigenvalue weighted by molar-refractivity contribution is -0.139. The van der Waals surface area contributed by atoms with E-state index in [1.54, 1.807) is 19.1 Å². The number of phenolic OH excluding ortho intramolecular Hbond substituents is 1. The maximum absolute atomic E-state index is 12.9. The first kappa shape index (κ1) is 20.7. The molecule has 0 saturated carbocycles. The van der Waals surface area contributed by atoms with Gasteiger partial charge in [0.15, 0.2) is 0 Å². The van der Waals surface area contributed by atoms with Gasteiger partial charge in [0.2, 0.25) is 5.78 Å². The number of para-hydroxylation sites is 1. The average Bonchev–Trinajstić information content (AvgIpc) is 2.97. The van der Waals surface area contributed by atoms with E-state index in [1.807, 2.05) is 56.3 Å². The highest BCUT2D eigenvalue weighted by Gasteiger charge is 2.35. The number of benzene rings is 2. The lowest BCUT2D eigenvalue weighted by atomic mass is 10.00. The van der Waals surface area contributed by atoms with Crippen LogP contribution in [0.25, 0.3) is 6.08 Å². The molecule has 29 heavy (non-hydrogen) atoms. The van der Waals surface area contributed by atoms with Crippen LogP contribution in [0, 0.1) is 0 Å². The van der Waals surface area contributed by atoms with E-state index in [1.165, 1.54) is 11.8 Å². The van der Waals surface area contributed by atoms with E-state index in [-0.39, 0.29) is 29.6 Å². The predicted octanol–water partition coefficient (Wildman–Crippen LogP) is 5.06. The number of ketones is 1. The summed E-state index contributed by atoms with van der Waals surface area (Å²) in [6.45, 7) is 5.88. The standard InChI is InChI=1S/C23H23NO4S/c1-4-28-23(27)20-21(26)19(29-22(20)24-16-8-6-5-7-9-16)13-15-10-11-17(14(2)3)18(25)12-15/h5-14,24-25H,4H2,1-3H3/b19-13-. The Hall–Kier alpha value is -2.99. The van der Waals surface area contributed by atoms with Crippen molar-refractivity contribution in [2.24, 2.45) is 0 Å². The molecule has 0 aliphatic carbocycles. The van der Waals surface area contributed by atoms with Crippen LogP contribution in [0.15, 0.2) is 64.0 Å². The number of Topliss-reactive ketones (excluding diaryl/α,β-unsaturated/α-hetero) is 1. The molecule has 1 aliphatic rings. The zero-order valence-electron chi connectivity index (χ0n) is 16.6. The molecule has 2 aromatic rings. The van der Waals surface area contributed by atoms with Gasteiger partial charge in [-0.05, 0) is 48.2 Å². The van der Waals surface area contributed by atoms with Gasteiger partial charge in [0.25, 0.3) is 0 Å². The van der Waals surface area contributed by atoms with E-state index >= 15 is 0 Å². The molecule has 0 unspecified atom stereocenters. The maximum Gasteiger partial charge on any atom is 0.344 e. The second-order valence-corrected chi connectivity index (χ2v) is 7.88. The van der Waals surface area contributed by atoms with Crippen LogP contribution in [-0.2, 0) is 14.3 Å². The quantitative estimate of drug-likeness (QED) is 0.395. The predicted molar refractivity (Wildman–Crippen MR) is 116 cm³/mol. The summed E-state index contributed by atoms with van der Waals surface area (Å²) in [6.07, 6.45) is 1.68. The Morgan fingerprint density at radius 1 is 1.21 bits per heavy atom. The molecule has 0 saturated heterocycles. The van der Waals surface area contributed by atoms with Crippen molar-refractivity contribution in [3.63, 3.8) is 0 Å². The molecule has 150 valence electrons. The van der Waals surface area contributed by atoms with Crippen LogP contribution in [0.1, 0.15) is 37.8 Å². The monoisotopic (exact) mass is 409 g/mol. The first-order valence-corrected chi connectivity index (χ1v) is 10.2. The van der Waals surface area contributed by atoms with Gasteiger partial charge in [0.05, 0.1) is 16.5 Å². The van der Waals surface area contributed by atoms with E-state index in [4.69, 9.17) is 4.74 Å². The number of hydrogen-bond donors (Lipinski definition) is 2. The summed E-state index contributed by atoms with van der Waals surface area (Å²) >= 11 is 1.18. The Kier molecular flexibility index (Phi) is 6.44. The molecular formula is C23H23NO4S. The summed E-state index contributed by atoms with van der Waals surface area (Å²) in [5.74, 6) is -0.659. The summed E-state index contributed by atoms with van der Waals surface area (Å²) < 4.78 is 5.09. The zero-order valence-corrected chi connectivity index (χ0v) is 17.4. The Bertz CT molecular complexity index is 993. The Balaban J connectivity index is 1.93. The molecule has 0 atom stereocenters. The number of carbonyl (C=O) groups is 2. The number of aromatic hydroxyl groups is 1. The zero-order chi connectivity index (χ0) is 21.0. The fraction of sp³-hybridized carbons (Fsp3) is 0.217. The third-order valence-electron chi connectivity index (χ3n) is 4.38. The number of anilines is 1. The first-order valence-electron chi connectivity index (χ1n) is 9.41. The second kappa shape index (κ2) is 9.01. The SMILES string of the molecule is CCOC(=O)C1=C(Nc2ccccc2)S/C(=C\c2ccc(C(C)C)c(O)c2)C1=O. The van der Waals surface area contributed by atoms with Crippen molar-refractivity contribution in [2.45, 2.75) is 26.7 Å². The molecule has 2 N–H and O–H groups in total. The Morgan fingerprint density at radius 3 is 2.55 bits per heavy atom. The number of thioether (sulfide) groups is 1. The van der Waals surface area contributed by atoms with Crippen LogP contribution >= 0.6 is 11.8 Å². The number of esters is 1. The molecular weight excluding hydrogens is 386 g/mol. The molecule has 3 rings (SSSR count). The van der Waals surface area contributed by atoms with Crippen LogP contribution in [0.3, 0.4) is 0 Å². The van der Waals surface area contributed by atoms with Crippen molar-refractivity contribution in [1.29, 1.82) is 0 Å². The third kappa shape index (κ3) is 4.71. The molecule has 6 heteroatoms. The number of ether oxygens (including phenoxy) is 1. The molecule has 1 heterocycles. The van der Waals surface area contributed by atoms with Crippen molar-refractivity contribution in [2.75, 3.05) is 11.9 Å². The van der Waals surface area contributed by atoms with Gasteiger partial charge in [-0.25, -0.2) is 4.79 Å². The number of hydrogen-bond acceptors (Lipinski definition) is 6. The van der Waals surface area contributed by atoms with E-state index < -0.39 is 5.97 Å². The first-order chi connectivity index (χ1) is 13.9. The minimum atomic E-state index is -0.648. The Labute approximate surface area is 174 Å². The fourth-order valence-corrected chi connectivity index (χ4v) is 4.00. The van der Waals surface area contributed by atoms with E-state index in [9.17, 15) is 14.7 Å². The largest absolute Gasteiger partial charge is 0.508 e. The minimum absolute atomic E-state index is 0.00465. The van der Waals surface area contributed by atoms with Crippen molar-refractivity contribution < 1.29 is 19.4 Å². The van der Waals surface area contributed by atoms with Gasteiger partial charge in [0, 0.05) is 5.69 Å². The molecule has 0 fully saturated rings. The normalized spacial score (nSPS) is 15.3. The molecule has 0 bridgehead atoms. The Morgan fingerprint density at radius 2 is 1.93 bits per heavy atom. The maximum atomic E-state index is 12.9. The van der Waals surface area contributed by atoms with Crippen molar-refractivity contribution >= 4 is 35.3 Å². The second-order valence-electron chi connectivity index (χ2n) is 6.83. The van der Waals surface area contributed by atoms with E-state index in [0.29, 0.717) is 15.5 Å².